The van der Waals surface area contributed by atoms with Crippen LogP contribution in [-0.4, -0.2) is 50.5 Å². The molecular weight excluding hydrogens is 534 g/mol. The maximum atomic E-state index is 13.9. The average Bonchev–Trinajstić information content (AvgIpc) is 2.90. The van der Waals surface area contributed by atoms with Gasteiger partial charge in [0.15, 0.2) is 0 Å². The molecule has 2 amide bonds. The van der Waals surface area contributed by atoms with Gasteiger partial charge in [-0.15, -0.1) is 0 Å². The van der Waals surface area contributed by atoms with Crippen LogP contribution in [0.2, 0.25) is 0 Å². The molecular formula is C33H45N3O4S. The van der Waals surface area contributed by atoms with E-state index < -0.39 is 22.0 Å². The highest BCUT2D eigenvalue weighted by Crippen LogP contribution is 2.60. The van der Waals surface area contributed by atoms with Crippen LogP contribution in [0.25, 0.3) is 0 Å². The highest BCUT2D eigenvalue weighted by atomic mass is 32.2. The molecule has 7 nitrogen and oxygen atoms in total. The Morgan fingerprint density at radius 3 is 2.10 bits per heavy atom. The third-order valence-corrected chi connectivity index (χ3v) is 10.8. The molecule has 6 rings (SSSR count). The van der Waals surface area contributed by atoms with Gasteiger partial charge in [-0.1, -0.05) is 48.9 Å². The number of nitrogens with one attached hydrogen (secondary N) is 1. The SMILES string of the molecule is CCNC(=O)C(CC)N(Cc1cccc(C)c1)C(=O)CN(c1ccc(C23CC4CC(CC(C4)C2)C3)cc1)S(C)(=O)=O. The van der Waals surface area contributed by atoms with Crippen LogP contribution in [0.5, 0.6) is 0 Å². The minimum absolute atomic E-state index is 0.213. The monoisotopic (exact) mass is 579 g/mol. The van der Waals surface area contributed by atoms with E-state index in [0.717, 1.165) is 35.1 Å². The lowest BCUT2D eigenvalue weighted by Crippen LogP contribution is -2.52. The van der Waals surface area contributed by atoms with Gasteiger partial charge in [-0.2, -0.15) is 0 Å². The van der Waals surface area contributed by atoms with Crippen LogP contribution in [0.3, 0.4) is 0 Å². The third kappa shape index (κ3) is 6.32. The van der Waals surface area contributed by atoms with Gasteiger partial charge in [-0.3, -0.25) is 13.9 Å². The average molecular weight is 580 g/mol. The summed E-state index contributed by atoms with van der Waals surface area (Å²) in [5, 5.41) is 2.84. The molecule has 4 fully saturated rings. The van der Waals surface area contributed by atoms with Gasteiger partial charge in [0, 0.05) is 13.1 Å². The maximum absolute atomic E-state index is 13.9. The molecule has 8 heteroatoms. The van der Waals surface area contributed by atoms with E-state index in [9.17, 15) is 18.0 Å². The molecule has 0 spiro atoms. The first-order valence-electron chi connectivity index (χ1n) is 15.2. The van der Waals surface area contributed by atoms with Crippen molar-refractivity contribution in [1.29, 1.82) is 0 Å². The zero-order valence-electron chi connectivity index (χ0n) is 24.9. The summed E-state index contributed by atoms with van der Waals surface area (Å²) >= 11 is 0. The number of aryl methyl sites for hydroxylation is 1. The lowest BCUT2D eigenvalue weighted by Gasteiger charge is -2.57. The van der Waals surface area contributed by atoms with Crippen molar-refractivity contribution >= 4 is 27.5 Å². The molecule has 41 heavy (non-hydrogen) atoms. The molecule has 1 N–H and O–H groups in total. The predicted molar refractivity (Wildman–Crippen MR) is 163 cm³/mol. The van der Waals surface area contributed by atoms with E-state index in [2.05, 4.69) is 17.4 Å². The number of sulfonamides is 1. The molecule has 4 saturated carbocycles. The lowest BCUT2D eigenvalue weighted by molar-refractivity contribution is -0.140. The number of anilines is 1. The number of rotatable bonds is 11. The summed E-state index contributed by atoms with van der Waals surface area (Å²) in [4.78, 5) is 28.4. The summed E-state index contributed by atoms with van der Waals surface area (Å²) in [7, 11) is -3.76. The quantitative estimate of drug-likeness (QED) is 0.398. The Morgan fingerprint density at radius 1 is 0.976 bits per heavy atom. The van der Waals surface area contributed by atoms with Crippen molar-refractivity contribution in [2.75, 3.05) is 23.7 Å². The number of benzene rings is 2. The number of carbonyl (C=O) groups is 2. The summed E-state index contributed by atoms with van der Waals surface area (Å²) < 4.78 is 27.3. The molecule has 4 aliphatic rings. The maximum Gasteiger partial charge on any atom is 0.244 e. The van der Waals surface area contributed by atoms with Crippen LogP contribution in [0.4, 0.5) is 5.69 Å². The van der Waals surface area contributed by atoms with Crippen LogP contribution < -0.4 is 9.62 Å². The summed E-state index contributed by atoms with van der Waals surface area (Å²) in [6, 6.07) is 15.0. The fourth-order valence-electron chi connectivity index (χ4n) is 8.28. The molecule has 2 aromatic carbocycles. The molecule has 0 heterocycles. The van der Waals surface area contributed by atoms with Crippen molar-refractivity contribution in [3.63, 3.8) is 0 Å². The minimum atomic E-state index is -3.76. The van der Waals surface area contributed by atoms with E-state index in [0.29, 0.717) is 18.7 Å². The standard InChI is InChI=1S/C33H45N3O4S/c1-5-30(32(38)34-6-2)35(21-24-9-7-8-23(3)14-24)31(37)22-36(41(4,39)40)29-12-10-28(11-13-29)33-18-25-15-26(19-33)17-27(16-25)20-33/h7-14,25-27,30H,5-6,15-22H2,1-4H3,(H,34,38). The fraction of sp³-hybridized carbons (Fsp3) is 0.576. The molecule has 4 aliphatic carbocycles. The van der Waals surface area contributed by atoms with E-state index in [1.165, 1.54) is 53.3 Å². The van der Waals surface area contributed by atoms with E-state index in [4.69, 9.17) is 0 Å². The van der Waals surface area contributed by atoms with E-state index >= 15 is 0 Å². The predicted octanol–water partition coefficient (Wildman–Crippen LogP) is 5.17. The van der Waals surface area contributed by atoms with Crippen molar-refractivity contribution < 1.29 is 18.0 Å². The van der Waals surface area contributed by atoms with E-state index in [1.54, 1.807) is 0 Å². The Morgan fingerprint density at radius 2 is 1.59 bits per heavy atom. The molecule has 4 bridgehead atoms. The summed E-state index contributed by atoms with van der Waals surface area (Å²) in [5.41, 5.74) is 3.95. The van der Waals surface area contributed by atoms with Gasteiger partial charge >= 0.3 is 0 Å². The van der Waals surface area contributed by atoms with Crippen LogP contribution in [0.15, 0.2) is 48.5 Å². The molecule has 222 valence electrons. The smallest absolute Gasteiger partial charge is 0.244 e. The summed E-state index contributed by atoms with van der Waals surface area (Å²) in [6.45, 7) is 6.00. The number of carbonyl (C=O) groups excluding carboxylic acids is 2. The largest absolute Gasteiger partial charge is 0.355 e. The Balaban J connectivity index is 1.40. The number of hydrogen-bond donors (Lipinski definition) is 1. The van der Waals surface area contributed by atoms with Gasteiger partial charge in [-0.25, -0.2) is 8.42 Å². The van der Waals surface area contributed by atoms with Crippen molar-refractivity contribution in [3.8, 4) is 0 Å². The van der Waals surface area contributed by atoms with Crippen LogP contribution in [0.1, 0.15) is 75.5 Å². The molecule has 2 aromatic rings. The van der Waals surface area contributed by atoms with Crippen molar-refractivity contribution in [3.05, 3.63) is 65.2 Å². The van der Waals surface area contributed by atoms with Gasteiger partial charge in [-0.05, 0) is 105 Å². The van der Waals surface area contributed by atoms with Gasteiger partial charge in [0.05, 0.1) is 11.9 Å². The van der Waals surface area contributed by atoms with E-state index in [1.807, 2.05) is 57.2 Å². The Kier molecular flexibility index (Phi) is 8.51. The van der Waals surface area contributed by atoms with E-state index in [-0.39, 0.29) is 24.4 Å². The molecule has 1 atom stereocenters. The van der Waals surface area contributed by atoms with Crippen molar-refractivity contribution in [1.82, 2.24) is 10.2 Å². The highest BCUT2D eigenvalue weighted by Gasteiger charge is 2.51. The van der Waals surface area contributed by atoms with Gasteiger partial charge in [0.25, 0.3) is 0 Å². The van der Waals surface area contributed by atoms with Crippen molar-refractivity contribution in [2.24, 2.45) is 17.8 Å². The van der Waals surface area contributed by atoms with Crippen molar-refractivity contribution in [2.45, 2.75) is 83.7 Å². The second-order valence-electron chi connectivity index (χ2n) is 12.8. The molecule has 1 unspecified atom stereocenters. The third-order valence-electron chi connectivity index (χ3n) is 9.66. The molecule has 0 aromatic heterocycles. The molecule has 0 saturated heterocycles. The first kappa shape index (κ1) is 29.6. The highest BCUT2D eigenvalue weighted by molar-refractivity contribution is 7.92. The van der Waals surface area contributed by atoms with Gasteiger partial charge < -0.3 is 10.2 Å². The summed E-state index contributed by atoms with van der Waals surface area (Å²) in [5.74, 6) is 1.83. The number of likely N-dealkylation sites (N-methyl/N-ethyl adjacent to an activating group) is 1. The molecule has 0 radical (unpaired) electrons. The van der Waals surface area contributed by atoms with Crippen LogP contribution in [-0.2, 0) is 31.6 Å². The number of nitrogens with zero attached hydrogens (tertiary/aromatic N) is 2. The summed E-state index contributed by atoms with van der Waals surface area (Å²) in [6.07, 6.45) is 9.37. The minimum Gasteiger partial charge on any atom is -0.355 e. The van der Waals surface area contributed by atoms with Crippen LogP contribution in [0, 0.1) is 24.7 Å². The zero-order valence-corrected chi connectivity index (χ0v) is 25.8. The number of amides is 2. The zero-order chi connectivity index (χ0) is 29.4. The topological polar surface area (TPSA) is 86.8 Å². The normalized spacial score (nSPS) is 25.5. The second-order valence-corrected chi connectivity index (χ2v) is 14.8. The first-order valence-corrected chi connectivity index (χ1v) is 17.1. The Labute approximate surface area is 245 Å². The van der Waals surface area contributed by atoms with Gasteiger partial charge in [0.1, 0.15) is 12.6 Å². The fourth-order valence-corrected chi connectivity index (χ4v) is 9.13. The lowest BCUT2D eigenvalue weighted by atomic mass is 9.48. The second kappa shape index (κ2) is 11.8. The first-order chi connectivity index (χ1) is 19.5. The Bertz CT molecular complexity index is 1340. The Hall–Kier alpha value is -2.87. The molecule has 0 aliphatic heterocycles. The van der Waals surface area contributed by atoms with Crippen LogP contribution >= 0.6 is 0 Å². The number of hydrogen-bond acceptors (Lipinski definition) is 4. The van der Waals surface area contributed by atoms with Gasteiger partial charge in [0.2, 0.25) is 21.8 Å².